The highest BCUT2D eigenvalue weighted by molar-refractivity contribution is 5.77. The van der Waals surface area contributed by atoms with Crippen molar-refractivity contribution < 1.29 is 14.4 Å². The van der Waals surface area contributed by atoms with Gasteiger partial charge in [-0.3, -0.25) is 4.79 Å². The standard InChI is InChI=1S/C10H13N3O3/c1-8(14)12-13(10(11)15)16-7-9-5-3-2-4-6-9/h2-6H,7H2,1H3,(H2,11,15)(H,12,14). The van der Waals surface area contributed by atoms with Crippen molar-refractivity contribution >= 4 is 11.9 Å². The topological polar surface area (TPSA) is 84.7 Å². The lowest BCUT2D eigenvalue weighted by Crippen LogP contribution is -2.47. The first kappa shape index (κ1) is 12.0. The predicted molar refractivity (Wildman–Crippen MR) is 56.5 cm³/mol. The summed E-state index contributed by atoms with van der Waals surface area (Å²) in [5, 5.41) is 0.606. The second-order valence-corrected chi connectivity index (χ2v) is 3.06. The van der Waals surface area contributed by atoms with Gasteiger partial charge in [0.1, 0.15) is 6.61 Å². The maximum absolute atomic E-state index is 10.9. The van der Waals surface area contributed by atoms with Gasteiger partial charge in [0.25, 0.3) is 0 Å². The van der Waals surface area contributed by atoms with E-state index in [2.05, 4.69) is 5.43 Å². The molecule has 3 amide bonds. The molecule has 0 saturated carbocycles. The molecule has 0 saturated heterocycles. The van der Waals surface area contributed by atoms with Crippen LogP contribution in [0.2, 0.25) is 0 Å². The second-order valence-electron chi connectivity index (χ2n) is 3.06. The molecule has 3 N–H and O–H groups in total. The molecular weight excluding hydrogens is 210 g/mol. The highest BCUT2D eigenvalue weighted by Crippen LogP contribution is 2.01. The molecule has 0 bridgehead atoms. The Hall–Kier alpha value is -2.08. The number of hydrazine groups is 1. The Morgan fingerprint density at radius 2 is 2.00 bits per heavy atom. The first-order valence-electron chi connectivity index (χ1n) is 4.63. The van der Waals surface area contributed by atoms with E-state index in [1.807, 2.05) is 30.3 Å². The largest absolute Gasteiger partial charge is 0.358 e. The number of carbonyl (C=O) groups is 2. The Morgan fingerprint density at radius 3 is 2.50 bits per heavy atom. The number of amides is 3. The van der Waals surface area contributed by atoms with Gasteiger partial charge >= 0.3 is 6.03 Å². The van der Waals surface area contributed by atoms with E-state index in [9.17, 15) is 9.59 Å². The van der Waals surface area contributed by atoms with Crippen LogP contribution in [-0.2, 0) is 16.2 Å². The molecule has 0 atom stereocenters. The fraction of sp³-hybridized carbons (Fsp3) is 0.200. The monoisotopic (exact) mass is 223 g/mol. The first-order chi connectivity index (χ1) is 7.59. The van der Waals surface area contributed by atoms with Gasteiger partial charge in [0, 0.05) is 6.92 Å². The van der Waals surface area contributed by atoms with E-state index >= 15 is 0 Å². The van der Waals surface area contributed by atoms with Gasteiger partial charge in [-0.15, -0.1) is 5.17 Å². The summed E-state index contributed by atoms with van der Waals surface area (Å²) in [5.41, 5.74) is 8.00. The van der Waals surface area contributed by atoms with Crippen LogP contribution in [0.4, 0.5) is 4.79 Å². The quantitative estimate of drug-likeness (QED) is 0.734. The Bertz CT molecular complexity index is 367. The number of nitrogens with one attached hydrogen (secondary N) is 1. The third-order valence-electron chi connectivity index (χ3n) is 1.66. The Morgan fingerprint density at radius 1 is 1.38 bits per heavy atom. The van der Waals surface area contributed by atoms with Crippen LogP contribution < -0.4 is 11.2 Å². The lowest BCUT2D eigenvalue weighted by Gasteiger charge is -2.18. The van der Waals surface area contributed by atoms with Crippen molar-refractivity contribution in [3.8, 4) is 0 Å². The molecule has 86 valence electrons. The number of primary amides is 1. The van der Waals surface area contributed by atoms with Gasteiger partial charge in [-0.1, -0.05) is 30.3 Å². The molecule has 0 fully saturated rings. The number of carbonyl (C=O) groups excluding carboxylic acids is 2. The van der Waals surface area contributed by atoms with Gasteiger partial charge in [0.2, 0.25) is 5.91 Å². The van der Waals surface area contributed by atoms with Crippen LogP contribution in [0.5, 0.6) is 0 Å². The zero-order valence-corrected chi connectivity index (χ0v) is 8.84. The molecule has 0 aliphatic carbocycles. The molecule has 1 aromatic rings. The molecule has 0 aliphatic heterocycles. The summed E-state index contributed by atoms with van der Waals surface area (Å²) in [6.45, 7) is 1.39. The lowest BCUT2D eigenvalue weighted by atomic mass is 10.2. The fourth-order valence-corrected chi connectivity index (χ4v) is 1.01. The van der Waals surface area contributed by atoms with Gasteiger partial charge < -0.3 is 5.73 Å². The average Bonchev–Trinajstić information content (AvgIpc) is 2.25. The van der Waals surface area contributed by atoms with Crippen LogP contribution in [0.3, 0.4) is 0 Å². The number of nitrogens with two attached hydrogens (primary N) is 1. The van der Waals surface area contributed by atoms with E-state index in [0.29, 0.717) is 5.17 Å². The number of benzene rings is 1. The summed E-state index contributed by atoms with van der Waals surface area (Å²) in [4.78, 5) is 26.6. The van der Waals surface area contributed by atoms with E-state index in [1.165, 1.54) is 6.92 Å². The molecule has 1 aromatic carbocycles. The molecular formula is C10H13N3O3. The van der Waals surface area contributed by atoms with E-state index in [0.717, 1.165) is 5.56 Å². The zero-order chi connectivity index (χ0) is 12.0. The number of rotatable bonds is 3. The van der Waals surface area contributed by atoms with Crippen molar-refractivity contribution in [1.29, 1.82) is 0 Å². The summed E-state index contributed by atoms with van der Waals surface area (Å²) in [5.74, 6) is -0.438. The van der Waals surface area contributed by atoms with Crippen LogP contribution in [0.25, 0.3) is 0 Å². The maximum atomic E-state index is 10.9. The van der Waals surface area contributed by atoms with Crippen LogP contribution in [0.1, 0.15) is 12.5 Å². The predicted octanol–water partition coefficient (Wildman–Crippen LogP) is 0.550. The molecule has 0 aromatic heterocycles. The van der Waals surface area contributed by atoms with E-state index in [1.54, 1.807) is 0 Å². The number of urea groups is 1. The smallest absolute Gasteiger partial charge is 0.348 e. The number of nitrogens with zero attached hydrogens (tertiary/aromatic N) is 1. The maximum Gasteiger partial charge on any atom is 0.358 e. The van der Waals surface area contributed by atoms with Crippen molar-refractivity contribution in [2.24, 2.45) is 5.73 Å². The lowest BCUT2D eigenvalue weighted by molar-refractivity contribution is -0.171. The molecule has 16 heavy (non-hydrogen) atoms. The summed E-state index contributed by atoms with van der Waals surface area (Å²) in [6.07, 6.45) is 0. The fourth-order valence-electron chi connectivity index (χ4n) is 1.01. The first-order valence-corrected chi connectivity index (χ1v) is 4.63. The van der Waals surface area contributed by atoms with Crippen molar-refractivity contribution in [2.75, 3.05) is 0 Å². The minimum Gasteiger partial charge on any atom is -0.348 e. The minimum atomic E-state index is -0.883. The van der Waals surface area contributed by atoms with Crippen LogP contribution in [-0.4, -0.2) is 17.1 Å². The van der Waals surface area contributed by atoms with Crippen molar-refractivity contribution in [3.63, 3.8) is 0 Å². The van der Waals surface area contributed by atoms with E-state index < -0.39 is 11.9 Å². The zero-order valence-electron chi connectivity index (χ0n) is 8.84. The molecule has 1 rings (SSSR count). The van der Waals surface area contributed by atoms with Gasteiger partial charge in [-0.05, 0) is 5.56 Å². The molecule has 6 heteroatoms. The number of hydrogen-bond acceptors (Lipinski definition) is 3. The Balaban J connectivity index is 2.50. The molecule has 0 radical (unpaired) electrons. The highest BCUT2D eigenvalue weighted by Gasteiger charge is 2.11. The second kappa shape index (κ2) is 5.72. The van der Waals surface area contributed by atoms with Gasteiger partial charge in [0.15, 0.2) is 0 Å². The van der Waals surface area contributed by atoms with Gasteiger partial charge in [0.05, 0.1) is 0 Å². The van der Waals surface area contributed by atoms with Gasteiger partial charge in [-0.2, -0.15) is 0 Å². The van der Waals surface area contributed by atoms with Crippen LogP contribution >= 0.6 is 0 Å². The summed E-state index contributed by atoms with van der Waals surface area (Å²) in [7, 11) is 0. The van der Waals surface area contributed by atoms with Crippen molar-refractivity contribution in [2.45, 2.75) is 13.5 Å². The summed E-state index contributed by atoms with van der Waals surface area (Å²) >= 11 is 0. The summed E-state index contributed by atoms with van der Waals surface area (Å²) < 4.78 is 0. The molecule has 0 unspecified atom stereocenters. The molecule has 0 aliphatic rings. The molecule has 0 heterocycles. The van der Waals surface area contributed by atoms with E-state index in [4.69, 9.17) is 10.6 Å². The number of hydroxylamine groups is 1. The minimum absolute atomic E-state index is 0.143. The van der Waals surface area contributed by atoms with Crippen molar-refractivity contribution in [3.05, 3.63) is 35.9 Å². The SMILES string of the molecule is CC(=O)NN(OCc1ccccc1)C(N)=O. The molecule has 6 nitrogen and oxygen atoms in total. The molecule has 0 spiro atoms. The third-order valence-corrected chi connectivity index (χ3v) is 1.66. The summed E-state index contributed by atoms with van der Waals surface area (Å²) in [6, 6.07) is 8.31. The Labute approximate surface area is 92.9 Å². The van der Waals surface area contributed by atoms with Crippen LogP contribution in [0.15, 0.2) is 30.3 Å². The highest BCUT2D eigenvalue weighted by atomic mass is 16.7. The number of hydrogen-bond donors (Lipinski definition) is 2. The third kappa shape index (κ3) is 3.97. The van der Waals surface area contributed by atoms with E-state index in [-0.39, 0.29) is 6.61 Å². The van der Waals surface area contributed by atoms with Gasteiger partial charge in [-0.25, -0.2) is 15.1 Å². The Kier molecular flexibility index (Phi) is 4.28. The van der Waals surface area contributed by atoms with Crippen molar-refractivity contribution in [1.82, 2.24) is 10.6 Å². The normalized spacial score (nSPS) is 9.56. The van der Waals surface area contributed by atoms with Crippen LogP contribution in [0, 0.1) is 0 Å². The average molecular weight is 223 g/mol.